The molecule has 1 aliphatic rings. The molecule has 10 nitrogen and oxygen atoms in total. The summed E-state index contributed by atoms with van der Waals surface area (Å²) < 4.78 is 50.2. The minimum atomic E-state index is -4.32. The summed E-state index contributed by atoms with van der Waals surface area (Å²) in [6.45, 7) is 0.179. The first-order valence-corrected chi connectivity index (χ1v) is 15.8. The maximum absolute atomic E-state index is 13.0. The molecule has 14 heteroatoms. The van der Waals surface area contributed by atoms with Crippen LogP contribution in [-0.4, -0.2) is 63.0 Å². The Morgan fingerprint density at radius 2 is 1.92 bits per heavy atom. The molecule has 0 aliphatic carbocycles. The molecule has 1 fully saturated rings. The Labute approximate surface area is 228 Å². The van der Waals surface area contributed by atoms with Gasteiger partial charge in [0.05, 0.1) is 15.3 Å². The number of aliphatic carboxylic acids is 1. The predicted octanol–water partition coefficient (Wildman–Crippen LogP) is 3.06. The van der Waals surface area contributed by atoms with Crippen molar-refractivity contribution < 1.29 is 31.5 Å². The molecule has 3 heterocycles. The fourth-order valence-corrected chi connectivity index (χ4v) is 7.03. The number of aromatic nitrogens is 1. The predicted molar refractivity (Wildman–Crippen MR) is 145 cm³/mol. The third-order valence-electron chi connectivity index (χ3n) is 5.75. The Bertz CT molecular complexity index is 1620. The minimum absolute atomic E-state index is 0.146. The van der Waals surface area contributed by atoms with Gasteiger partial charge in [0.2, 0.25) is 11.3 Å². The summed E-state index contributed by atoms with van der Waals surface area (Å²) in [5.74, 6) is -1.90. The third-order valence-corrected chi connectivity index (χ3v) is 9.61. The molecule has 2 aromatic heterocycles. The number of hydrogen-bond acceptors (Lipinski definition) is 9. The quantitative estimate of drug-likeness (QED) is 0.380. The zero-order valence-electron chi connectivity index (χ0n) is 19.8. The fourth-order valence-electron chi connectivity index (χ4n) is 3.94. The number of nitrogens with zero attached hydrogens (tertiary/aromatic N) is 2. The Morgan fingerprint density at radius 3 is 2.53 bits per heavy atom. The smallest absolute Gasteiger partial charge is 0.336 e. The molecule has 2 N–H and O–H groups in total. The van der Waals surface area contributed by atoms with Crippen molar-refractivity contribution in [3.63, 3.8) is 0 Å². The largest absolute Gasteiger partial charge is 0.479 e. The van der Waals surface area contributed by atoms with Crippen molar-refractivity contribution in [1.82, 2.24) is 10.3 Å². The van der Waals surface area contributed by atoms with Crippen LogP contribution in [0.2, 0.25) is 4.34 Å². The van der Waals surface area contributed by atoms with E-state index in [1.54, 1.807) is 42.5 Å². The van der Waals surface area contributed by atoms with Crippen LogP contribution in [0.4, 0.5) is 5.82 Å². The van der Waals surface area contributed by atoms with E-state index in [4.69, 9.17) is 11.6 Å². The van der Waals surface area contributed by atoms with Gasteiger partial charge in [0, 0.05) is 40.4 Å². The van der Waals surface area contributed by atoms with Crippen molar-refractivity contribution >= 4 is 66.4 Å². The Morgan fingerprint density at radius 1 is 1.18 bits per heavy atom. The van der Waals surface area contributed by atoms with Gasteiger partial charge in [0.1, 0.15) is 5.82 Å². The second-order valence-corrected chi connectivity index (χ2v) is 14.1. The molecule has 0 spiro atoms. The molecule has 0 radical (unpaired) electrons. The van der Waals surface area contributed by atoms with Crippen molar-refractivity contribution in [1.29, 1.82) is 0 Å². The lowest BCUT2D eigenvalue weighted by Crippen LogP contribution is -2.50. The normalized spacial score (nSPS) is 17.3. The van der Waals surface area contributed by atoms with Crippen LogP contribution in [0.15, 0.2) is 65.0 Å². The van der Waals surface area contributed by atoms with E-state index in [0.29, 0.717) is 20.3 Å². The van der Waals surface area contributed by atoms with Crippen LogP contribution in [0, 0.1) is 0 Å². The van der Waals surface area contributed by atoms with Crippen molar-refractivity contribution in [3.05, 3.63) is 69.3 Å². The van der Waals surface area contributed by atoms with Crippen molar-refractivity contribution in [2.45, 2.75) is 22.7 Å². The first-order valence-electron chi connectivity index (χ1n) is 11.1. The molecule has 0 saturated carbocycles. The molecule has 1 saturated heterocycles. The molecule has 4 rings (SSSR count). The summed E-state index contributed by atoms with van der Waals surface area (Å²) in [5.41, 5.74) is 1.00. The molecule has 38 heavy (non-hydrogen) atoms. The second-order valence-electron chi connectivity index (χ2n) is 8.42. The molecular formula is C24H22ClN3O7S3. The number of amides is 1. The van der Waals surface area contributed by atoms with E-state index in [-0.39, 0.29) is 23.7 Å². The average molecular weight is 596 g/mol. The number of pyridine rings is 1. The van der Waals surface area contributed by atoms with Crippen molar-refractivity contribution in [2.75, 3.05) is 17.7 Å². The van der Waals surface area contributed by atoms with Gasteiger partial charge in [-0.1, -0.05) is 29.8 Å². The first-order chi connectivity index (χ1) is 17.9. The lowest BCUT2D eigenvalue weighted by molar-refractivity contribution is -0.137. The van der Waals surface area contributed by atoms with Crippen LogP contribution in [0.1, 0.15) is 11.3 Å². The maximum atomic E-state index is 13.0. The number of carboxylic acid groups (broad SMARTS) is 1. The van der Waals surface area contributed by atoms with Gasteiger partial charge in [-0.05, 0) is 42.8 Å². The van der Waals surface area contributed by atoms with Gasteiger partial charge in [0.25, 0.3) is 0 Å². The van der Waals surface area contributed by atoms with Gasteiger partial charge >= 0.3 is 5.97 Å². The molecule has 3 aromatic rings. The number of benzene rings is 1. The van der Waals surface area contributed by atoms with Gasteiger partial charge < -0.3 is 5.11 Å². The molecule has 0 bridgehead atoms. The molecule has 2 unspecified atom stereocenters. The average Bonchev–Trinajstić information content (AvgIpc) is 3.45. The number of nitrogens with one attached hydrogen (secondary N) is 1. The topological polar surface area (TPSA) is 151 Å². The van der Waals surface area contributed by atoms with E-state index >= 15 is 0 Å². The second kappa shape index (κ2) is 10.9. The highest BCUT2D eigenvalue weighted by Crippen LogP contribution is 2.29. The van der Waals surface area contributed by atoms with Crippen LogP contribution < -0.4 is 10.2 Å². The van der Waals surface area contributed by atoms with Crippen LogP contribution in [0.5, 0.6) is 0 Å². The summed E-state index contributed by atoms with van der Waals surface area (Å²) in [6.07, 6.45) is 3.96. The molecular weight excluding hydrogens is 574 g/mol. The van der Waals surface area contributed by atoms with Crippen LogP contribution in [-0.2, 0) is 29.3 Å². The van der Waals surface area contributed by atoms with Gasteiger partial charge in [0.15, 0.2) is 19.7 Å². The number of hydrogen-bond donors (Lipinski definition) is 2. The lowest BCUT2D eigenvalue weighted by Gasteiger charge is -2.19. The van der Waals surface area contributed by atoms with E-state index < -0.39 is 43.0 Å². The zero-order chi connectivity index (χ0) is 27.7. The SMILES string of the molecule is CS(=O)(=O)c1ccccc1-c1ccc(N2CCC(NC(C(=O)O)S(=O)(=O)C=Cc3ccc(Cl)s3)C2=O)nc1. The molecule has 200 valence electrons. The first kappa shape index (κ1) is 27.9. The third kappa shape index (κ3) is 6.13. The van der Waals surface area contributed by atoms with Crippen molar-refractivity contribution in [2.24, 2.45) is 0 Å². The van der Waals surface area contributed by atoms with E-state index in [1.807, 2.05) is 0 Å². The molecule has 2 atom stereocenters. The highest BCUT2D eigenvalue weighted by molar-refractivity contribution is 7.95. The van der Waals surface area contributed by atoms with Crippen molar-refractivity contribution in [3.8, 4) is 11.1 Å². The van der Waals surface area contributed by atoms with E-state index in [9.17, 15) is 31.5 Å². The number of anilines is 1. The Kier molecular flexibility index (Phi) is 8.04. The summed E-state index contributed by atoms with van der Waals surface area (Å²) in [5, 5.41) is 10.8. The number of carbonyl (C=O) groups excluding carboxylic acids is 1. The number of halogens is 1. The lowest BCUT2D eigenvalue weighted by atomic mass is 10.1. The summed E-state index contributed by atoms with van der Waals surface area (Å²) in [6, 6.07) is 11.8. The zero-order valence-corrected chi connectivity index (χ0v) is 23.0. The van der Waals surface area contributed by atoms with Crippen LogP contribution in [0.25, 0.3) is 17.2 Å². The van der Waals surface area contributed by atoms with Crippen LogP contribution >= 0.6 is 22.9 Å². The van der Waals surface area contributed by atoms with E-state index in [2.05, 4.69) is 10.3 Å². The number of sulfone groups is 2. The van der Waals surface area contributed by atoms with Gasteiger partial charge in [-0.2, -0.15) is 0 Å². The number of carboxylic acids is 1. The van der Waals surface area contributed by atoms with Gasteiger partial charge in [-0.15, -0.1) is 11.3 Å². The number of carbonyl (C=O) groups is 2. The fraction of sp³-hybridized carbons (Fsp3) is 0.208. The van der Waals surface area contributed by atoms with Gasteiger partial charge in [-0.3, -0.25) is 15.0 Å². The highest BCUT2D eigenvalue weighted by Gasteiger charge is 2.40. The molecule has 1 aliphatic heterocycles. The Balaban J connectivity index is 1.50. The highest BCUT2D eigenvalue weighted by atomic mass is 35.5. The molecule has 1 aromatic carbocycles. The monoisotopic (exact) mass is 595 g/mol. The molecule has 1 amide bonds. The minimum Gasteiger partial charge on any atom is -0.479 e. The maximum Gasteiger partial charge on any atom is 0.336 e. The Hall–Kier alpha value is -3.10. The number of thiophene rings is 1. The summed E-state index contributed by atoms with van der Waals surface area (Å²) >= 11 is 6.97. The van der Waals surface area contributed by atoms with E-state index in [1.165, 1.54) is 23.2 Å². The summed E-state index contributed by atoms with van der Waals surface area (Å²) in [7, 11) is -7.80. The summed E-state index contributed by atoms with van der Waals surface area (Å²) in [4.78, 5) is 31.1. The van der Waals surface area contributed by atoms with Crippen LogP contribution in [0.3, 0.4) is 0 Å². The number of rotatable bonds is 9. The van der Waals surface area contributed by atoms with Gasteiger partial charge in [-0.25, -0.2) is 26.6 Å². The standard InChI is InChI=1S/C24H22ClN3O7S3/c1-37(32,33)19-5-3-2-4-17(19)15-6-9-21(26-14-15)28-12-10-18(23(28)29)27-22(24(30)31)38(34,35)13-11-16-7-8-20(25)36-16/h2-9,11,13-14,18,22,27H,10,12H2,1H3,(H,30,31). The van der Waals surface area contributed by atoms with E-state index in [0.717, 1.165) is 23.0 Å².